The summed E-state index contributed by atoms with van der Waals surface area (Å²) in [5.41, 5.74) is 4.75. The number of carbonyl (C=O) groups is 2. The first-order valence-corrected chi connectivity index (χ1v) is 7.82. The predicted molar refractivity (Wildman–Crippen MR) is 90.0 cm³/mol. The van der Waals surface area contributed by atoms with Crippen LogP contribution in [0.25, 0.3) is 11.1 Å². The van der Waals surface area contributed by atoms with Crippen molar-refractivity contribution >= 4 is 11.8 Å². The largest absolute Gasteiger partial charge is 0.478 e. The molecule has 2 aromatic rings. The Labute approximate surface area is 136 Å². The average Bonchev–Trinajstić information content (AvgIpc) is 2.51. The second-order valence-corrected chi connectivity index (χ2v) is 6.92. The molecular weight excluding hydrogens is 288 g/mol. The summed E-state index contributed by atoms with van der Waals surface area (Å²) in [6.07, 6.45) is 1.72. The van der Waals surface area contributed by atoms with Crippen molar-refractivity contribution in [3.8, 4) is 11.1 Å². The first kappa shape index (κ1) is 15.5. The number of carboxylic acid groups (broad SMARTS) is 1. The normalized spacial score (nSPS) is 16.0. The van der Waals surface area contributed by atoms with Crippen LogP contribution in [-0.4, -0.2) is 16.9 Å². The molecule has 0 atom stereocenters. The molecule has 0 heterocycles. The number of hydrogen-bond donors (Lipinski definition) is 1. The minimum atomic E-state index is -0.930. The van der Waals surface area contributed by atoms with Gasteiger partial charge in [-0.25, -0.2) is 4.79 Å². The summed E-state index contributed by atoms with van der Waals surface area (Å²) < 4.78 is 0. The number of hydrogen-bond acceptors (Lipinski definition) is 2. The average molecular weight is 308 g/mol. The number of fused-ring (bicyclic) bond motifs is 1. The van der Waals surface area contributed by atoms with Crippen molar-refractivity contribution in [2.75, 3.05) is 0 Å². The standard InChI is InChI=1S/C20H20O3/c1-12-4-5-15(19(22)23)11-17(12)13-6-7-16-14(10-13)8-9-20(2,3)18(16)21/h4-7,10-11H,8-9H2,1-3H3,(H,22,23). The van der Waals surface area contributed by atoms with Gasteiger partial charge in [0.05, 0.1) is 5.56 Å². The van der Waals surface area contributed by atoms with E-state index in [9.17, 15) is 14.7 Å². The van der Waals surface area contributed by atoms with Crippen molar-refractivity contribution in [1.29, 1.82) is 0 Å². The van der Waals surface area contributed by atoms with Gasteiger partial charge >= 0.3 is 5.97 Å². The molecule has 3 nitrogen and oxygen atoms in total. The van der Waals surface area contributed by atoms with Gasteiger partial charge in [-0.1, -0.05) is 38.1 Å². The van der Waals surface area contributed by atoms with E-state index in [1.54, 1.807) is 12.1 Å². The number of benzene rings is 2. The summed E-state index contributed by atoms with van der Waals surface area (Å²) in [6.45, 7) is 5.95. The van der Waals surface area contributed by atoms with E-state index in [1.807, 2.05) is 45.0 Å². The second kappa shape index (κ2) is 5.34. The van der Waals surface area contributed by atoms with E-state index in [0.717, 1.165) is 40.7 Å². The van der Waals surface area contributed by atoms with Gasteiger partial charge in [0.25, 0.3) is 0 Å². The van der Waals surface area contributed by atoms with Gasteiger partial charge in [0, 0.05) is 11.0 Å². The number of carbonyl (C=O) groups excluding carboxylic acids is 1. The zero-order chi connectivity index (χ0) is 16.8. The van der Waals surface area contributed by atoms with Crippen molar-refractivity contribution in [3.05, 3.63) is 58.7 Å². The molecule has 118 valence electrons. The maximum absolute atomic E-state index is 12.5. The third kappa shape index (κ3) is 2.67. The topological polar surface area (TPSA) is 54.4 Å². The lowest BCUT2D eigenvalue weighted by atomic mass is 9.73. The molecule has 1 aliphatic carbocycles. The van der Waals surface area contributed by atoms with Gasteiger partial charge in [0.1, 0.15) is 0 Å². The first-order valence-electron chi connectivity index (χ1n) is 7.82. The summed E-state index contributed by atoms with van der Waals surface area (Å²) in [7, 11) is 0. The Morgan fingerprint density at radius 3 is 2.52 bits per heavy atom. The highest BCUT2D eigenvalue weighted by molar-refractivity contribution is 6.02. The van der Waals surface area contributed by atoms with Crippen molar-refractivity contribution in [3.63, 3.8) is 0 Å². The van der Waals surface area contributed by atoms with Crippen LogP contribution in [0.2, 0.25) is 0 Å². The zero-order valence-corrected chi connectivity index (χ0v) is 13.6. The van der Waals surface area contributed by atoms with E-state index >= 15 is 0 Å². The molecule has 3 rings (SSSR count). The second-order valence-electron chi connectivity index (χ2n) is 6.92. The summed E-state index contributed by atoms with van der Waals surface area (Å²) in [5.74, 6) is -0.734. The fourth-order valence-electron chi connectivity index (χ4n) is 3.18. The molecule has 3 heteroatoms. The molecule has 1 N–H and O–H groups in total. The van der Waals surface area contributed by atoms with Gasteiger partial charge in [-0.05, 0) is 54.2 Å². The molecule has 0 saturated carbocycles. The molecule has 0 fully saturated rings. The molecule has 0 amide bonds. The van der Waals surface area contributed by atoms with Gasteiger partial charge in [-0.15, -0.1) is 0 Å². The third-order valence-corrected chi connectivity index (χ3v) is 4.78. The third-order valence-electron chi connectivity index (χ3n) is 4.78. The van der Waals surface area contributed by atoms with Crippen LogP contribution < -0.4 is 0 Å². The summed E-state index contributed by atoms with van der Waals surface area (Å²) in [4.78, 5) is 23.7. The number of aryl methyl sites for hydroxylation is 2. The summed E-state index contributed by atoms with van der Waals surface area (Å²) >= 11 is 0. The van der Waals surface area contributed by atoms with E-state index in [2.05, 4.69) is 0 Å². The number of aromatic carboxylic acids is 1. The van der Waals surface area contributed by atoms with E-state index < -0.39 is 5.97 Å². The smallest absolute Gasteiger partial charge is 0.335 e. The number of rotatable bonds is 2. The van der Waals surface area contributed by atoms with Crippen LogP contribution in [0.4, 0.5) is 0 Å². The Bertz CT molecular complexity index is 816. The lowest BCUT2D eigenvalue weighted by molar-refractivity contribution is 0.0696. The molecule has 23 heavy (non-hydrogen) atoms. The minimum Gasteiger partial charge on any atom is -0.478 e. The van der Waals surface area contributed by atoms with Gasteiger partial charge in [0.2, 0.25) is 0 Å². The Morgan fingerprint density at radius 1 is 1.09 bits per heavy atom. The minimum absolute atomic E-state index is 0.196. The zero-order valence-electron chi connectivity index (χ0n) is 13.6. The molecule has 0 bridgehead atoms. The van der Waals surface area contributed by atoms with Crippen LogP contribution >= 0.6 is 0 Å². The van der Waals surface area contributed by atoms with Crippen LogP contribution in [0, 0.1) is 12.3 Å². The highest BCUT2D eigenvalue weighted by atomic mass is 16.4. The summed E-state index contributed by atoms with van der Waals surface area (Å²) in [5, 5.41) is 9.19. The van der Waals surface area contributed by atoms with Crippen LogP contribution in [0.3, 0.4) is 0 Å². The van der Waals surface area contributed by atoms with Crippen molar-refractivity contribution in [2.45, 2.75) is 33.6 Å². The lowest BCUT2D eigenvalue weighted by Gasteiger charge is -2.30. The van der Waals surface area contributed by atoms with Crippen molar-refractivity contribution < 1.29 is 14.7 Å². The SMILES string of the molecule is Cc1ccc(C(=O)O)cc1-c1ccc2c(c1)CCC(C)(C)C2=O. The maximum Gasteiger partial charge on any atom is 0.335 e. The van der Waals surface area contributed by atoms with E-state index in [0.29, 0.717) is 0 Å². The molecular formula is C20H20O3. The lowest BCUT2D eigenvalue weighted by Crippen LogP contribution is -2.30. The fraction of sp³-hybridized carbons (Fsp3) is 0.300. The van der Waals surface area contributed by atoms with E-state index in [4.69, 9.17) is 0 Å². The highest BCUT2D eigenvalue weighted by Gasteiger charge is 2.34. The monoisotopic (exact) mass is 308 g/mol. The van der Waals surface area contributed by atoms with E-state index in [1.165, 1.54) is 0 Å². The Kier molecular flexibility index (Phi) is 3.59. The maximum atomic E-state index is 12.5. The molecule has 0 radical (unpaired) electrons. The molecule has 0 aromatic heterocycles. The van der Waals surface area contributed by atoms with Gasteiger partial charge in [-0.3, -0.25) is 4.79 Å². The van der Waals surface area contributed by atoms with Crippen molar-refractivity contribution in [2.24, 2.45) is 5.41 Å². The van der Waals surface area contributed by atoms with Crippen LogP contribution in [0.15, 0.2) is 36.4 Å². The predicted octanol–water partition coefficient (Wildman–Crippen LogP) is 4.52. The molecule has 1 aliphatic rings. The number of ketones is 1. The van der Waals surface area contributed by atoms with Gasteiger partial charge < -0.3 is 5.11 Å². The quantitative estimate of drug-likeness (QED) is 0.887. The Morgan fingerprint density at radius 2 is 1.83 bits per heavy atom. The molecule has 0 spiro atoms. The first-order chi connectivity index (χ1) is 10.8. The highest BCUT2D eigenvalue weighted by Crippen LogP contribution is 2.37. The van der Waals surface area contributed by atoms with Gasteiger partial charge in [-0.2, -0.15) is 0 Å². The van der Waals surface area contributed by atoms with Gasteiger partial charge in [0.15, 0.2) is 5.78 Å². The van der Waals surface area contributed by atoms with E-state index in [-0.39, 0.29) is 16.8 Å². The van der Waals surface area contributed by atoms with Crippen molar-refractivity contribution in [1.82, 2.24) is 0 Å². The molecule has 0 aliphatic heterocycles. The molecule has 0 unspecified atom stereocenters. The summed E-state index contributed by atoms with van der Waals surface area (Å²) in [6, 6.07) is 11.0. The number of carboxylic acids is 1. The van der Waals surface area contributed by atoms with Crippen LogP contribution in [0.1, 0.15) is 52.1 Å². The molecule has 0 saturated heterocycles. The fourth-order valence-corrected chi connectivity index (χ4v) is 3.18. The van der Waals surface area contributed by atoms with Crippen LogP contribution in [0.5, 0.6) is 0 Å². The Balaban J connectivity index is 2.09. The molecule has 2 aromatic carbocycles. The number of Topliss-reactive ketones (excluding diaryl/α,β-unsaturated/α-hetero) is 1. The Hall–Kier alpha value is -2.42. The van der Waals surface area contributed by atoms with Crippen LogP contribution in [-0.2, 0) is 6.42 Å².